The molecule has 0 rings (SSSR count). The van der Waals surface area contributed by atoms with Crippen LogP contribution in [0.3, 0.4) is 0 Å². The van der Waals surface area contributed by atoms with Gasteiger partial charge in [0.05, 0.1) is 18.8 Å². The molecule has 0 aliphatic rings. The summed E-state index contributed by atoms with van der Waals surface area (Å²) in [5, 5.41) is 22.3. The Labute approximate surface area is 296 Å². The van der Waals surface area contributed by atoms with Gasteiger partial charge in [-0.25, -0.2) is 0 Å². The summed E-state index contributed by atoms with van der Waals surface area (Å²) in [4.78, 5) is 12.1. The lowest BCUT2D eigenvalue weighted by Crippen LogP contribution is -2.45. The summed E-state index contributed by atoms with van der Waals surface area (Å²) in [7, 11) is 0. The van der Waals surface area contributed by atoms with Gasteiger partial charge in [-0.15, -0.1) is 0 Å². The standard InChI is InChI=1S/C44H73NO3/c1-3-5-7-8-9-10-11-12-13-14-15-16-17-18-19-20-21-22-23-24-25-26-27-28-29-30-31-32-33-34-35-36-38-40-44(48)45-42(41-46)43(47)39-37-6-4-2/h5,7,9-10,12-13,15-16,18-19,21-22,24-25,37,39,42-43,46-47H,3-4,6,8,11,14,17,20,23,26-36,38,40-41H2,1-2H3,(H,45,48)/b7-5-,10-9-,13-12-,16-15-,19-18-,22-21-,25-24-,39-37+. The molecule has 2 atom stereocenters. The highest BCUT2D eigenvalue weighted by atomic mass is 16.3. The Morgan fingerprint density at radius 2 is 0.917 bits per heavy atom. The molecule has 0 aromatic rings. The van der Waals surface area contributed by atoms with Crippen molar-refractivity contribution < 1.29 is 15.0 Å². The minimum atomic E-state index is -0.841. The molecule has 0 aliphatic carbocycles. The van der Waals surface area contributed by atoms with E-state index < -0.39 is 12.1 Å². The highest BCUT2D eigenvalue weighted by Crippen LogP contribution is 2.13. The minimum Gasteiger partial charge on any atom is -0.394 e. The Hall–Kier alpha value is -2.69. The molecule has 3 N–H and O–H groups in total. The first-order valence-electron chi connectivity index (χ1n) is 19.5. The van der Waals surface area contributed by atoms with Crippen LogP contribution in [0.5, 0.6) is 0 Å². The molecule has 0 aliphatic heterocycles. The molecule has 0 fully saturated rings. The average Bonchev–Trinajstić information content (AvgIpc) is 3.09. The highest BCUT2D eigenvalue weighted by Gasteiger charge is 2.17. The van der Waals surface area contributed by atoms with Gasteiger partial charge in [0.15, 0.2) is 0 Å². The lowest BCUT2D eigenvalue weighted by Gasteiger charge is -2.19. The maximum absolute atomic E-state index is 12.1. The van der Waals surface area contributed by atoms with E-state index in [0.29, 0.717) is 6.42 Å². The molecule has 0 radical (unpaired) electrons. The zero-order valence-electron chi connectivity index (χ0n) is 31.0. The molecule has 48 heavy (non-hydrogen) atoms. The van der Waals surface area contributed by atoms with E-state index in [9.17, 15) is 15.0 Å². The van der Waals surface area contributed by atoms with Crippen LogP contribution < -0.4 is 5.32 Å². The van der Waals surface area contributed by atoms with Crippen LogP contribution in [0.1, 0.15) is 155 Å². The maximum Gasteiger partial charge on any atom is 0.220 e. The first kappa shape index (κ1) is 45.3. The maximum atomic E-state index is 12.1. The summed E-state index contributed by atoms with van der Waals surface area (Å²) in [6.45, 7) is 3.98. The predicted molar refractivity (Wildman–Crippen MR) is 211 cm³/mol. The molecule has 0 heterocycles. The molecule has 0 saturated carbocycles. The monoisotopic (exact) mass is 664 g/mol. The second-order valence-corrected chi connectivity index (χ2v) is 12.6. The Kier molecular flexibility index (Phi) is 36.6. The molecule has 0 bridgehead atoms. The van der Waals surface area contributed by atoms with Crippen molar-refractivity contribution in [1.82, 2.24) is 5.32 Å². The number of carbonyl (C=O) groups is 1. The number of rotatable bonds is 33. The van der Waals surface area contributed by atoms with Crippen molar-refractivity contribution in [2.45, 2.75) is 167 Å². The Morgan fingerprint density at radius 3 is 1.33 bits per heavy atom. The van der Waals surface area contributed by atoms with E-state index in [1.165, 1.54) is 64.2 Å². The first-order valence-corrected chi connectivity index (χ1v) is 19.5. The summed E-state index contributed by atoms with van der Waals surface area (Å²) in [5.41, 5.74) is 0. The molecule has 0 spiro atoms. The van der Waals surface area contributed by atoms with Gasteiger partial charge in [0.1, 0.15) is 0 Å². The van der Waals surface area contributed by atoms with Crippen LogP contribution in [0.15, 0.2) is 97.2 Å². The minimum absolute atomic E-state index is 0.0858. The molecule has 1 amide bonds. The van der Waals surface area contributed by atoms with Crippen molar-refractivity contribution in [1.29, 1.82) is 0 Å². The van der Waals surface area contributed by atoms with Crippen LogP contribution in [0.25, 0.3) is 0 Å². The van der Waals surface area contributed by atoms with Crippen LogP contribution in [0.2, 0.25) is 0 Å². The van der Waals surface area contributed by atoms with Crippen LogP contribution in [0, 0.1) is 0 Å². The number of hydrogen-bond acceptors (Lipinski definition) is 3. The highest BCUT2D eigenvalue weighted by molar-refractivity contribution is 5.76. The lowest BCUT2D eigenvalue weighted by molar-refractivity contribution is -0.123. The molecule has 272 valence electrons. The summed E-state index contributed by atoms with van der Waals surface area (Å²) in [6.07, 6.45) is 58.6. The van der Waals surface area contributed by atoms with Gasteiger partial charge in [-0.2, -0.15) is 0 Å². The van der Waals surface area contributed by atoms with E-state index in [2.05, 4.69) is 104 Å². The van der Waals surface area contributed by atoms with Gasteiger partial charge in [-0.05, 0) is 70.6 Å². The van der Waals surface area contributed by atoms with E-state index in [1.54, 1.807) is 6.08 Å². The predicted octanol–water partition coefficient (Wildman–Crippen LogP) is 11.9. The van der Waals surface area contributed by atoms with E-state index >= 15 is 0 Å². The number of carbonyl (C=O) groups excluding carboxylic acids is 1. The zero-order chi connectivity index (χ0) is 35.0. The summed E-state index contributed by atoms with van der Waals surface area (Å²) < 4.78 is 0. The van der Waals surface area contributed by atoms with Gasteiger partial charge < -0.3 is 15.5 Å². The zero-order valence-corrected chi connectivity index (χ0v) is 31.0. The molecule has 0 saturated heterocycles. The summed E-state index contributed by atoms with van der Waals surface area (Å²) in [5.74, 6) is -0.0858. The van der Waals surface area contributed by atoms with Gasteiger partial charge in [0, 0.05) is 6.42 Å². The van der Waals surface area contributed by atoms with Gasteiger partial charge in [0.2, 0.25) is 5.91 Å². The molecule has 0 aromatic heterocycles. The van der Waals surface area contributed by atoms with Crippen molar-refractivity contribution in [2.24, 2.45) is 0 Å². The second-order valence-electron chi connectivity index (χ2n) is 12.6. The lowest BCUT2D eigenvalue weighted by atomic mass is 10.0. The van der Waals surface area contributed by atoms with E-state index in [1.807, 2.05) is 6.08 Å². The number of aliphatic hydroxyl groups excluding tert-OH is 2. The SMILES string of the molecule is CC/C=C\C/C=C\C/C=C\C/C=C\C/C=C\C/C=C\C/C=C\CCCCCCCCCCCCCC(=O)NC(CO)C(O)/C=C/CCC. The number of allylic oxidation sites excluding steroid dienone is 15. The van der Waals surface area contributed by atoms with Crippen molar-refractivity contribution in [3.05, 3.63) is 97.2 Å². The quantitative estimate of drug-likeness (QED) is 0.0483. The van der Waals surface area contributed by atoms with Crippen LogP contribution >= 0.6 is 0 Å². The van der Waals surface area contributed by atoms with Gasteiger partial charge in [-0.1, -0.05) is 175 Å². The van der Waals surface area contributed by atoms with Crippen molar-refractivity contribution >= 4 is 5.91 Å². The number of hydrogen-bond donors (Lipinski definition) is 3. The second kappa shape index (κ2) is 38.8. The first-order chi connectivity index (χ1) is 23.7. The summed E-state index contributed by atoms with van der Waals surface area (Å²) >= 11 is 0. The third kappa shape index (κ3) is 34.6. The molecule has 2 unspecified atom stereocenters. The molecular weight excluding hydrogens is 590 g/mol. The largest absolute Gasteiger partial charge is 0.394 e. The Bertz CT molecular complexity index is 937. The Balaban J connectivity index is 3.52. The van der Waals surface area contributed by atoms with Gasteiger partial charge >= 0.3 is 0 Å². The van der Waals surface area contributed by atoms with E-state index in [4.69, 9.17) is 0 Å². The fourth-order valence-corrected chi connectivity index (χ4v) is 5.10. The third-order valence-electron chi connectivity index (χ3n) is 8.05. The summed E-state index contributed by atoms with van der Waals surface area (Å²) in [6, 6.07) is -0.624. The fourth-order valence-electron chi connectivity index (χ4n) is 5.10. The average molecular weight is 664 g/mol. The van der Waals surface area contributed by atoms with Gasteiger partial charge in [-0.3, -0.25) is 4.79 Å². The number of amides is 1. The normalized spacial score (nSPS) is 14.2. The van der Waals surface area contributed by atoms with Crippen molar-refractivity contribution in [2.75, 3.05) is 6.61 Å². The number of nitrogens with one attached hydrogen (secondary N) is 1. The van der Waals surface area contributed by atoms with E-state index in [0.717, 1.165) is 70.6 Å². The van der Waals surface area contributed by atoms with Crippen LogP contribution in [-0.2, 0) is 4.79 Å². The molecular formula is C44H73NO3. The van der Waals surface area contributed by atoms with Gasteiger partial charge in [0.25, 0.3) is 0 Å². The number of unbranched alkanes of at least 4 members (excludes halogenated alkanes) is 12. The topological polar surface area (TPSA) is 69.6 Å². The smallest absolute Gasteiger partial charge is 0.220 e. The fraction of sp³-hybridized carbons (Fsp3) is 0.614. The van der Waals surface area contributed by atoms with Crippen LogP contribution in [-0.4, -0.2) is 34.9 Å². The molecule has 4 nitrogen and oxygen atoms in total. The molecule has 4 heteroatoms. The Morgan fingerprint density at radius 1 is 0.521 bits per heavy atom. The van der Waals surface area contributed by atoms with Crippen molar-refractivity contribution in [3.63, 3.8) is 0 Å². The van der Waals surface area contributed by atoms with E-state index in [-0.39, 0.29) is 12.5 Å². The number of aliphatic hydroxyl groups is 2. The molecule has 0 aromatic carbocycles. The van der Waals surface area contributed by atoms with Crippen LogP contribution in [0.4, 0.5) is 0 Å². The van der Waals surface area contributed by atoms with Crippen molar-refractivity contribution in [3.8, 4) is 0 Å². The third-order valence-corrected chi connectivity index (χ3v) is 8.05.